The highest BCUT2D eigenvalue weighted by molar-refractivity contribution is 6.32. The minimum Gasteiger partial charge on any atom is -0.506 e. The van der Waals surface area contributed by atoms with Crippen LogP contribution in [0.5, 0.6) is 5.75 Å². The molecule has 0 amide bonds. The van der Waals surface area contributed by atoms with Gasteiger partial charge in [0.2, 0.25) is 0 Å². The quantitative estimate of drug-likeness (QED) is 0.831. The Hall–Kier alpha value is -0.990. The molecule has 0 unspecified atom stereocenters. The van der Waals surface area contributed by atoms with Crippen molar-refractivity contribution in [3.05, 3.63) is 33.9 Å². The highest BCUT2D eigenvalue weighted by atomic mass is 35.5. The molecule has 0 aliphatic heterocycles. The number of benzene rings is 1. The molecule has 1 aliphatic rings. The molecule has 3 heteroatoms. The summed E-state index contributed by atoms with van der Waals surface area (Å²) in [6, 6.07) is 1.89. The van der Waals surface area contributed by atoms with Crippen LogP contribution in [0.25, 0.3) is 6.08 Å². The maximum absolute atomic E-state index is 9.96. The summed E-state index contributed by atoms with van der Waals surface area (Å²) >= 11 is 6.01. The van der Waals surface area contributed by atoms with Gasteiger partial charge in [-0.3, -0.25) is 0 Å². The van der Waals surface area contributed by atoms with Crippen LogP contribution in [-0.2, 0) is 12.8 Å². The third kappa shape index (κ3) is 2.08. The second kappa shape index (κ2) is 4.89. The number of aromatic hydroxyl groups is 1. The van der Waals surface area contributed by atoms with Gasteiger partial charge >= 0.3 is 0 Å². The molecule has 1 aromatic carbocycles. The van der Waals surface area contributed by atoms with Gasteiger partial charge in [-0.2, -0.15) is 0 Å². The smallest absolute Gasteiger partial charge is 0.141 e. The van der Waals surface area contributed by atoms with E-state index in [0.29, 0.717) is 11.6 Å². The second-order valence-electron chi connectivity index (χ2n) is 4.10. The van der Waals surface area contributed by atoms with Crippen molar-refractivity contribution in [2.75, 3.05) is 6.54 Å². The van der Waals surface area contributed by atoms with Crippen LogP contribution in [0.15, 0.2) is 12.1 Å². The first-order chi connectivity index (χ1) is 7.74. The highest BCUT2D eigenvalue weighted by Gasteiger charge is 2.17. The third-order valence-corrected chi connectivity index (χ3v) is 3.33. The largest absolute Gasteiger partial charge is 0.506 e. The molecule has 3 N–H and O–H groups in total. The van der Waals surface area contributed by atoms with Gasteiger partial charge in [-0.1, -0.05) is 23.8 Å². The molecular formula is C13H16ClNO. The van der Waals surface area contributed by atoms with Crippen LogP contribution in [0.2, 0.25) is 5.02 Å². The molecule has 16 heavy (non-hydrogen) atoms. The Kier molecular flexibility index (Phi) is 3.52. The number of rotatable bonds is 2. The van der Waals surface area contributed by atoms with E-state index in [1.165, 1.54) is 24.0 Å². The first kappa shape index (κ1) is 11.5. The molecule has 1 aromatic rings. The molecule has 2 nitrogen and oxygen atoms in total. The van der Waals surface area contributed by atoms with Gasteiger partial charge in [-0.25, -0.2) is 0 Å². The first-order valence-corrected chi connectivity index (χ1v) is 6.01. The van der Waals surface area contributed by atoms with Crippen molar-refractivity contribution in [2.45, 2.75) is 25.7 Å². The predicted molar refractivity (Wildman–Crippen MR) is 67.8 cm³/mol. The van der Waals surface area contributed by atoms with Gasteiger partial charge in [0.25, 0.3) is 0 Å². The van der Waals surface area contributed by atoms with Crippen molar-refractivity contribution in [1.29, 1.82) is 0 Å². The van der Waals surface area contributed by atoms with Crippen LogP contribution < -0.4 is 5.73 Å². The normalized spacial score (nSPS) is 15.4. The van der Waals surface area contributed by atoms with E-state index >= 15 is 0 Å². The Morgan fingerprint density at radius 3 is 2.88 bits per heavy atom. The van der Waals surface area contributed by atoms with Crippen LogP contribution in [0, 0.1) is 0 Å². The molecule has 0 bridgehead atoms. The average Bonchev–Trinajstić information content (AvgIpc) is 2.30. The Morgan fingerprint density at radius 1 is 1.38 bits per heavy atom. The van der Waals surface area contributed by atoms with Crippen LogP contribution in [-0.4, -0.2) is 11.7 Å². The summed E-state index contributed by atoms with van der Waals surface area (Å²) in [5.41, 5.74) is 8.80. The Labute approximate surface area is 101 Å². The Morgan fingerprint density at radius 2 is 2.12 bits per heavy atom. The summed E-state index contributed by atoms with van der Waals surface area (Å²) < 4.78 is 0. The number of aryl methyl sites for hydroxylation is 1. The van der Waals surface area contributed by atoms with E-state index in [-0.39, 0.29) is 5.75 Å². The molecule has 0 aromatic heterocycles. The number of phenolic OH excluding ortho intramolecular Hbond substituents is 1. The summed E-state index contributed by atoms with van der Waals surface area (Å²) in [6.45, 7) is 0.473. The van der Waals surface area contributed by atoms with E-state index in [1.807, 2.05) is 18.2 Å². The zero-order valence-electron chi connectivity index (χ0n) is 9.17. The maximum Gasteiger partial charge on any atom is 0.141 e. The Bertz CT molecular complexity index is 426. The number of nitrogens with two attached hydrogens (primary N) is 1. The van der Waals surface area contributed by atoms with E-state index in [0.717, 1.165) is 18.4 Å². The zero-order valence-corrected chi connectivity index (χ0v) is 9.93. The maximum atomic E-state index is 9.96. The van der Waals surface area contributed by atoms with Gasteiger partial charge in [-0.15, -0.1) is 0 Å². The zero-order chi connectivity index (χ0) is 11.5. The molecule has 0 fully saturated rings. The van der Waals surface area contributed by atoms with Crippen LogP contribution in [0.1, 0.15) is 29.5 Å². The molecule has 0 saturated carbocycles. The molecule has 2 rings (SSSR count). The number of hydrogen-bond donors (Lipinski definition) is 2. The minimum absolute atomic E-state index is 0.187. The minimum atomic E-state index is 0.187. The fraction of sp³-hybridized carbons (Fsp3) is 0.385. The molecular weight excluding hydrogens is 222 g/mol. The van der Waals surface area contributed by atoms with Gasteiger partial charge in [0.1, 0.15) is 5.75 Å². The van der Waals surface area contributed by atoms with Crippen molar-refractivity contribution in [2.24, 2.45) is 5.73 Å². The Balaban J connectivity index is 2.54. The summed E-state index contributed by atoms with van der Waals surface area (Å²) in [5.74, 6) is 0.187. The summed E-state index contributed by atoms with van der Waals surface area (Å²) in [7, 11) is 0. The van der Waals surface area contributed by atoms with Gasteiger partial charge in [0.05, 0.1) is 5.02 Å². The lowest BCUT2D eigenvalue weighted by molar-refractivity contribution is 0.472. The SMILES string of the molecule is NC/C=C/c1c(O)c(Cl)cc2c1CCCC2. The van der Waals surface area contributed by atoms with Crippen LogP contribution >= 0.6 is 11.6 Å². The molecule has 0 saturated heterocycles. The van der Waals surface area contributed by atoms with Crippen molar-refractivity contribution >= 4 is 17.7 Å². The molecule has 0 heterocycles. The highest BCUT2D eigenvalue weighted by Crippen LogP contribution is 2.37. The molecule has 86 valence electrons. The molecule has 0 spiro atoms. The monoisotopic (exact) mass is 237 g/mol. The molecule has 0 radical (unpaired) electrons. The second-order valence-corrected chi connectivity index (χ2v) is 4.51. The lowest BCUT2D eigenvalue weighted by atomic mass is 9.87. The number of hydrogen-bond acceptors (Lipinski definition) is 2. The average molecular weight is 238 g/mol. The third-order valence-electron chi connectivity index (χ3n) is 3.04. The van der Waals surface area contributed by atoms with E-state index in [2.05, 4.69) is 0 Å². The molecule has 0 atom stereocenters. The number of phenols is 1. The summed E-state index contributed by atoms with van der Waals surface area (Å²) in [6.07, 6.45) is 8.18. The molecule has 1 aliphatic carbocycles. The summed E-state index contributed by atoms with van der Waals surface area (Å²) in [5, 5.41) is 10.4. The van der Waals surface area contributed by atoms with E-state index in [9.17, 15) is 5.11 Å². The number of fused-ring (bicyclic) bond motifs is 1. The van der Waals surface area contributed by atoms with Crippen LogP contribution in [0.4, 0.5) is 0 Å². The van der Waals surface area contributed by atoms with E-state index in [1.54, 1.807) is 0 Å². The van der Waals surface area contributed by atoms with Crippen molar-refractivity contribution in [1.82, 2.24) is 0 Å². The lowest BCUT2D eigenvalue weighted by Crippen LogP contribution is -2.05. The van der Waals surface area contributed by atoms with Crippen LogP contribution in [0.3, 0.4) is 0 Å². The van der Waals surface area contributed by atoms with E-state index in [4.69, 9.17) is 17.3 Å². The first-order valence-electron chi connectivity index (χ1n) is 5.64. The number of halogens is 1. The van der Waals surface area contributed by atoms with Gasteiger partial charge < -0.3 is 10.8 Å². The standard InChI is InChI=1S/C13H16ClNO/c14-12-8-9-4-1-2-5-10(9)11(13(12)16)6-3-7-15/h3,6,8,16H,1-2,4-5,7,15H2/b6-3+. The van der Waals surface area contributed by atoms with Crippen molar-refractivity contribution < 1.29 is 5.11 Å². The van der Waals surface area contributed by atoms with Gasteiger partial charge in [0.15, 0.2) is 0 Å². The summed E-state index contributed by atoms with van der Waals surface area (Å²) in [4.78, 5) is 0. The predicted octanol–water partition coefficient (Wildman–Crippen LogP) is 2.90. The van der Waals surface area contributed by atoms with E-state index < -0.39 is 0 Å². The van der Waals surface area contributed by atoms with Crippen molar-refractivity contribution in [3.63, 3.8) is 0 Å². The van der Waals surface area contributed by atoms with Gasteiger partial charge in [-0.05, 0) is 42.9 Å². The topological polar surface area (TPSA) is 46.2 Å². The lowest BCUT2D eigenvalue weighted by Gasteiger charge is -2.19. The van der Waals surface area contributed by atoms with Gasteiger partial charge in [0, 0.05) is 12.1 Å². The van der Waals surface area contributed by atoms with Crippen molar-refractivity contribution in [3.8, 4) is 5.75 Å². The fourth-order valence-corrected chi connectivity index (χ4v) is 2.49. The fourth-order valence-electron chi connectivity index (χ4n) is 2.25.